The minimum Gasteiger partial charge on any atom is -0.352 e. The average Bonchev–Trinajstić information content (AvgIpc) is 2.94. The zero-order chi connectivity index (χ0) is 25.9. The van der Waals surface area contributed by atoms with E-state index in [-0.39, 0.29) is 12.1 Å². The molecule has 2 aliphatic rings. The predicted molar refractivity (Wildman–Crippen MR) is 152 cm³/mol. The van der Waals surface area contributed by atoms with Crippen LogP contribution < -0.4 is 0 Å². The maximum absolute atomic E-state index is 15.2. The van der Waals surface area contributed by atoms with Crippen LogP contribution in [0.4, 0.5) is 4.39 Å². The van der Waals surface area contributed by atoms with Crippen LogP contribution in [0.5, 0.6) is 0 Å². The summed E-state index contributed by atoms with van der Waals surface area (Å²) in [5.74, 6) is 1.86. The van der Waals surface area contributed by atoms with Gasteiger partial charge in [-0.15, -0.1) is 0 Å². The molecule has 0 N–H and O–H groups in total. The van der Waals surface area contributed by atoms with E-state index in [1.165, 1.54) is 88.2 Å². The van der Waals surface area contributed by atoms with Crippen LogP contribution in [0.15, 0.2) is 42.5 Å². The lowest BCUT2D eigenvalue weighted by Crippen LogP contribution is -2.32. The van der Waals surface area contributed by atoms with Gasteiger partial charge in [0.1, 0.15) is 5.82 Å². The first-order chi connectivity index (χ1) is 18.2. The fourth-order valence-corrected chi connectivity index (χ4v) is 6.22. The van der Waals surface area contributed by atoms with Gasteiger partial charge >= 0.3 is 0 Å². The van der Waals surface area contributed by atoms with Crippen LogP contribution >= 0.6 is 0 Å². The zero-order valence-corrected chi connectivity index (χ0v) is 23.4. The minimum absolute atomic E-state index is 0.0900. The molecule has 1 aliphatic carbocycles. The number of aryl methyl sites for hydroxylation is 1. The summed E-state index contributed by atoms with van der Waals surface area (Å²) in [6, 6.07) is 14.3. The van der Waals surface area contributed by atoms with Gasteiger partial charge < -0.3 is 9.47 Å². The number of ether oxygens (including phenoxy) is 2. The first-order valence-corrected chi connectivity index (χ1v) is 15.3. The summed E-state index contributed by atoms with van der Waals surface area (Å²) in [6.45, 7) is 6.16. The molecule has 2 aromatic carbocycles. The summed E-state index contributed by atoms with van der Waals surface area (Å²) >= 11 is 0. The zero-order valence-electron chi connectivity index (χ0n) is 23.4. The monoisotopic (exact) mass is 508 g/mol. The molecule has 0 spiro atoms. The fourth-order valence-electron chi connectivity index (χ4n) is 6.22. The van der Waals surface area contributed by atoms with Crippen molar-refractivity contribution >= 4 is 0 Å². The normalized spacial score (nSPS) is 24.3. The van der Waals surface area contributed by atoms with Crippen molar-refractivity contribution in [1.29, 1.82) is 0 Å². The quantitative estimate of drug-likeness (QED) is 0.251. The summed E-state index contributed by atoms with van der Waals surface area (Å²) in [6.07, 6.45) is 17.1. The molecule has 1 saturated carbocycles. The van der Waals surface area contributed by atoms with Crippen LogP contribution in [0.25, 0.3) is 11.1 Å². The maximum atomic E-state index is 15.2. The van der Waals surface area contributed by atoms with Gasteiger partial charge in [-0.05, 0) is 73.1 Å². The molecule has 2 nitrogen and oxygen atoms in total. The van der Waals surface area contributed by atoms with E-state index in [4.69, 9.17) is 9.47 Å². The maximum Gasteiger partial charge on any atom is 0.157 e. The lowest BCUT2D eigenvalue weighted by molar-refractivity contribution is -0.203. The molecule has 0 unspecified atom stereocenters. The highest BCUT2D eigenvalue weighted by atomic mass is 19.1. The lowest BCUT2D eigenvalue weighted by Gasteiger charge is -2.29. The molecule has 2 aromatic rings. The Morgan fingerprint density at radius 2 is 1.38 bits per heavy atom. The second-order valence-corrected chi connectivity index (χ2v) is 11.6. The molecule has 0 amide bonds. The van der Waals surface area contributed by atoms with Crippen molar-refractivity contribution in [3.8, 4) is 11.1 Å². The molecule has 2 fully saturated rings. The van der Waals surface area contributed by atoms with E-state index in [0.29, 0.717) is 17.4 Å². The van der Waals surface area contributed by atoms with E-state index in [1.54, 1.807) is 6.07 Å². The Labute approximate surface area is 225 Å². The molecule has 0 radical (unpaired) electrons. The number of unbranched alkanes of at least 4 members (excludes halogenated alkanes) is 4. The number of hydrogen-bond acceptors (Lipinski definition) is 2. The molecular formula is C34H49FO2. The van der Waals surface area contributed by atoms with E-state index in [9.17, 15) is 0 Å². The molecule has 3 heteroatoms. The highest BCUT2D eigenvalue weighted by Gasteiger charge is 2.23. The van der Waals surface area contributed by atoms with Gasteiger partial charge in [0.15, 0.2) is 6.29 Å². The van der Waals surface area contributed by atoms with Crippen molar-refractivity contribution in [2.75, 3.05) is 13.2 Å². The van der Waals surface area contributed by atoms with Gasteiger partial charge in [-0.25, -0.2) is 4.39 Å². The number of halogens is 1. The van der Waals surface area contributed by atoms with Crippen molar-refractivity contribution in [3.63, 3.8) is 0 Å². The van der Waals surface area contributed by atoms with Gasteiger partial charge in [0, 0.05) is 17.9 Å². The van der Waals surface area contributed by atoms with Gasteiger partial charge in [0.05, 0.1) is 13.2 Å². The number of hydrogen-bond donors (Lipinski definition) is 0. The van der Waals surface area contributed by atoms with Gasteiger partial charge in [0.25, 0.3) is 0 Å². The topological polar surface area (TPSA) is 18.5 Å². The van der Waals surface area contributed by atoms with Crippen LogP contribution in [0.3, 0.4) is 0 Å². The summed E-state index contributed by atoms with van der Waals surface area (Å²) in [5, 5.41) is 0. The summed E-state index contributed by atoms with van der Waals surface area (Å²) < 4.78 is 27.1. The molecule has 1 heterocycles. The second-order valence-electron chi connectivity index (χ2n) is 11.6. The van der Waals surface area contributed by atoms with Crippen molar-refractivity contribution in [2.45, 2.75) is 116 Å². The number of benzene rings is 2. The van der Waals surface area contributed by atoms with Gasteiger partial charge in [-0.1, -0.05) is 95.2 Å². The first kappa shape index (κ1) is 28.3. The Balaban J connectivity index is 1.23. The van der Waals surface area contributed by atoms with E-state index in [0.717, 1.165) is 37.5 Å². The third kappa shape index (κ3) is 8.65. The standard InChI is InChI=1S/C34H49FO2/c1-3-5-7-9-26-11-16-29(17-12-26)31-20-21-32(33(35)23-31)30-18-13-27(14-19-30)15-22-34-36-24-28(25-37-34)10-8-6-4-2/h13-14,18-21,23,26,28-29,34H,3-12,15-17,22,24-25H2,1-2H3/t26-,28?,29-,34?. The molecule has 1 aliphatic heterocycles. The Morgan fingerprint density at radius 3 is 2.00 bits per heavy atom. The lowest BCUT2D eigenvalue weighted by atomic mass is 9.77. The largest absolute Gasteiger partial charge is 0.352 e. The minimum atomic E-state index is -0.0986. The fraction of sp³-hybridized carbons (Fsp3) is 0.647. The summed E-state index contributed by atoms with van der Waals surface area (Å²) in [5.41, 5.74) is 4.09. The molecule has 204 valence electrons. The molecule has 0 bridgehead atoms. The van der Waals surface area contributed by atoms with Crippen molar-refractivity contribution < 1.29 is 13.9 Å². The third-order valence-corrected chi connectivity index (χ3v) is 8.71. The summed E-state index contributed by atoms with van der Waals surface area (Å²) in [7, 11) is 0. The Bertz CT molecular complexity index is 908. The Morgan fingerprint density at radius 1 is 0.730 bits per heavy atom. The van der Waals surface area contributed by atoms with E-state index in [1.807, 2.05) is 6.07 Å². The number of rotatable bonds is 13. The Hall–Kier alpha value is -1.71. The van der Waals surface area contributed by atoms with Crippen molar-refractivity contribution in [3.05, 3.63) is 59.4 Å². The molecule has 37 heavy (non-hydrogen) atoms. The van der Waals surface area contributed by atoms with Crippen molar-refractivity contribution in [1.82, 2.24) is 0 Å². The highest BCUT2D eigenvalue weighted by Crippen LogP contribution is 2.39. The molecule has 4 rings (SSSR count). The van der Waals surface area contributed by atoms with E-state index >= 15 is 4.39 Å². The van der Waals surface area contributed by atoms with E-state index in [2.05, 4.69) is 44.2 Å². The first-order valence-electron chi connectivity index (χ1n) is 15.3. The SMILES string of the molecule is CCCCCC1COC(CCc2ccc(-c3ccc([C@H]4CC[C@H](CCCCC)CC4)cc3F)cc2)OC1. The molecule has 0 aromatic heterocycles. The summed E-state index contributed by atoms with van der Waals surface area (Å²) in [4.78, 5) is 0. The predicted octanol–water partition coefficient (Wildman–Crippen LogP) is 9.85. The van der Waals surface area contributed by atoms with Gasteiger partial charge in [-0.3, -0.25) is 0 Å². The smallest absolute Gasteiger partial charge is 0.157 e. The third-order valence-electron chi connectivity index (χ3n) is 8.71. The average molecular weight is 509 g/mol. The van der Waals surface area contributed by atoms with Crippen LogP contribution in [-0.4, -0.2) is 19.5 Å². The second kappa shape index (κ2) is 15.0. The van der Waals surface area contributed by atoms with E-state index < -0.39 is 0 Å². The molecular weight excluding hydrogens is 459 g/mol. The highest BCUT2D eigenvalue weighted by molar-refractivity contribution is 5.65. The molecule has 1 saturated heterocycles. The van der Waals surface area contributed by atoms with Crippen LogP contribution in [-0.2, 0) is 15.9 Å². The Kier molecular flexibility index (Phi) is 11.5. The van der Waals surface area contributed by atoms with Crippen LogP contribution in [0, 0.1) is 17.7 Å². The molecule has 0 atom stereocenters. The van der Waals surface area contributed by atoms with Gasteiger partial charge in [0.2, 0.25) is 0 Å². The van der Waals surface area contributed by atoms with Crippen LogP contribution in [0.2, 0.25) is 0 Å². The van der Waals surface area contributed by atoms with Gasteiger partial charge in [-0.2, -0.15) is 0 Å². The van der Waals surface area contributed by atoms with Crippen molar-refractivity contribution in [2.24, 2.45) is 11.8 Å². The van der Waals surface area contributed by atoms with Crippen LogP contribution in [0.1, 0.15) is 114 Å².